The van der Waals surface area contributed by atoms with Gasteiger partial charge in [-0.2, -0.15) is 0 Å². The van der Waals surface area contributed by atoms with Crippen molar-refractivity contribution in [1.29, 1.82) is 0 Å². The molecule has 32 heavy (non-hydrogen) atoms. The Morgan fingerprint density at radius 3 is 2.72 bits per heavy atom. The van der Waals surface area contributed by atoms with E-state index in [2.05, 4.69) is 39.6 Å². The Morgan fingerprint density at radius 1 is 1.22 bits per heavy atom. The minimum absolute atomic E-state index is 0.111. The Kier molecular flexibility index (Phi) is 7.63. The molecular formula is C26H29BrN2O2S. The minimum Gasteiger partial charge on any atom is -0.488 e. The molecule has 1 saturated carbocycles. The zero-order valence-electron chi connectivity index (χ0n) is 18.3. The number of nitrogens with one attached hydrogen (secondary N) is 1. The van der Waals surface area contributed by atoms with Crippen LogP contribution in [0.5, 0.6) is 5.75 Å². The van der Waals surface area contributed by atoms with Gasteiger partial charge >= 0.3 is 0 Å². The second-order valence-electron chi connectivity index (χ2n) is 8.32. The number of nitrogens with zero attached hydrogens (tertiary/aromatic N) is 1. The standard InChI is InChI=1S/C26H29BrN2O2S/c1-3-15-31-23-14-13-19(16-21(23)27)17-24-25(30)29(22-12-8-7-9-18(22)2)26(32-24)28-20-10-5-4-6-11-20/h3-6,10-11,13-14,16-18,22,26,28H,1,7-9,12,15H2,2H3/b24-17-/t18-,22+,26?/m0/s1. The van der Waals surface area contributed by atoms with Gasteiger partial charge in [-0.1, -0.05) is 68.4 Å². The van der Waals surface area contributed by atoms with Crippen molar-refractivity contribution in [1.82, 2.24) is 4.90 Å². The fourth-order valence-corrected chi connectivity index (χ4v) is 6.11. The lowest BCUT2D eigenvalue weighted by molar-refractivity contribution is -0.129. The van der Waals surface area contributed by atoms with Gasteiger partial charge in [-0.25, -0.2) is 0 Å². The monoisotopic (exact) mass is 512 g/mol. The van der Waals surface area contributed by atoms with E-state index in [4.69, 9.17) is 4.74 Å². The molecule has 2 aliphatic rings. The summed E-state index contributed by atoms with van der Waals surface area (Å²) < 4.78 is 6.51. The van der Waals surface area contributed by atoms with Crippen LogP contribution in [0.1, 0.15) is 38.2 Å². The first-order valence-corrected chi connectivity index (χ1v) is 12.8. The van der Waals surface area contributed by atoms with E-state index in [9.17, 15) is 4.79 Å². The highest BCUT2D eigenvalue weighted by atomic mass is 79.9. The van der Waals surface area contributed by atoms with Crippen molar-refractivity contribution in [2.45, 2.75) is 44.1 Å². The molecule has 4 rings (SSSR count). The van der Waals surface area contributed by atoms with Gasteiger partial charge in [0.2, 0.25) is 0 Å². The Labute approximate surface area is 203 Å². The second kappa shape index (κ2) is 10.6. The fraction of sp³-hybridized carbons (Fsp3) is 0.346. The number of amides is 1. The predicted octanol–water partition coefficient (Wildman–Crippen LogP) is 6.90. The summed E-state index contributed by atoms with van der Waals surface area (Å²) in [6, 6.07) is 16.3. The van der Waals surface area contributed by atoms with Crippen LogP contribution in [0.15, 0.2) is 70.6 Å². The molecule has 0 bridgehead atoms. The molecule has 2 fully saturated rings. The molecule has 2 aromatic carbocycles. The predicted molar refractivity (Wildman–Crippen MR) is 138 cm³/mol. The van der Waals surface area contributed by atoms with Crippen LogP contribution in [0.4, 0.5) is 5.69 Å². The maximum absolute atomic E-state index is 13.6. The van der Waals surface area contributed by atoms with Crippen LogP contribution < -0.4 is 10.1 Å². The van der Waals surface area contributed by atoms with E-state index in [-0.39, 0.29) is 17.4 Å². The normalized spacial score (nSPS) is 24.6. The molecule has 6 heteroatoms. The van der Waals surface area contributed by atoms with Crippen LogP contribution in [0.2, 0.25) is 0 Å². The molecule has 4 nitrogen and oxygen atoms in total. The number of rotatable bonds is 7. The Hall–Kier alpha value is -2.18. The number of thioether (sulfide) groups is 1. The first kappa shape index (κ1) is 23.0. The zero-order valence-corrected chi connectivity index (χ0v) is 20.7. The topological polar surface area (TPSA) is 41.6 Å². The third kappa shape index (κ3) is 5.24. The van der Waals surface area contributed by atoms with E-state index in [1.54, 1.807) is 17.8 Å². The number of carbonyl (C=O) groups is 1. The van der Waals surface area contributed by atoms with Crippen LogP contribution >= 0.6 is 27.7 Å². The van der Waals surface area contributed by atoms with Gasteiger partial charge in [0, 0.05) is 11.7 Å². The quantitative estimate of drug-likeness (QED) is 0.323. The van der Waals surface area contributed by atoms with Gasteiger partial charge in [0.25, 0.3) is 5.91 Å². The van der Waals surface area contributed by atoms with E-state index < -0.39 is 0 Å². The van der Waals surface area contributed by atoms with Crippen LogP contribution in [0, 0.1) is 5.92 Å². The first-order valence-electron chi connectivity index (χ1n) is 11.1. The molecule has 1 aliphatic heterocycles. The maximum Gasteiger partial charge on any atom is 0.262 e. The molecule has 1 saturated heterocycles. The third-order valence-corrected chi connectivity index (χ3v) is 7.77. The molecule has 0 radical (unpaired) electrons. The Balaban J connectivity index is 1.61. The first-order chi connectivity index (χ1) is 15.6. The van der Waals surface area contributed by atoms with E-state index in [0.29, 0.717) is 12.5 Å². The van der Waals surface area contributed by atoms with Crippen molar-refractivity contribution in [2.24, 2.45) is 5.92 Å². The Bertz CT molecular complexity index is 995. The number of carbonyl (C=O) groups excluding carboxylic acids is 1. The number of para-hydroxylation sites is 1. The van der Waals surface area contributed by atoms with E-state index in [1.807, 2.05) is 54.6 Å². The fourth-order valence-electron chi connectivity index (χ4n) is 4.39. The highest BCUT2D eigenvalue weighted by Gasteiger charge is 2.42. The summed E-state index contributed by atoms with van der Waals surface area (Å²) in [5.74, 6) is 1.38. The van der Waals surface area contributed by atoms with Gasteiger partial charge in [-0.3, -0.25) is 4.79 Å². The molecule has 0 aromatic heterocycles. The van der Waals surface area contributed by atoms with Crippen molar-refractivity contribution < 1.29 is 9.53 Å². The SMILES string of the molecule is C=CCOc1ccc(/C=C2\SC(Nc3ccccc3)N([C@@H]3CCCC[C@@H]3C)C2=O)cc1Br. The van der Waals surface area contributed by atoms with Crippen molar-refractivity contribution in [2.75, 3.05) is 11.9 Å². The molecule has 1 unspecified atom stereocenters. The van der Waals surface area contributed by atoms with Gasteiger partial charge in [0.05, 0.1) is 9.38 Å². The highest BCUT2D eigenvalue weighted by molar-refractivity contribution is 9.10. The molecule has 1 N–H and O–H groups in total. The lowest BCUT2D eigenvalue weighted by atomic mass is 9.85. The molecule has 0 spiro atoms. The van der Waals surface area contributed by atoms with Gasteiger partial charge < -0.3 is 15.0 Å². The summed E-state index contributed by atoms with van der Waals surface area (Å²) >= 11 is 5.18. The summed E-state index contributed by atoms with van der Waals surface area (Å²) in [6.45, 7) is 6.42. The largest absolute Gasteiger partial charge is 0.488 e. The number of hydrogen-bond donors (Lipinski definition) is 1. The van der Waals surface area contributed by atoms with Gasteiger partial charge in [-0.15, -0.1) is 0 Å². The number of halogens is 1. The number of benzene rings is 2. The van der Waals surface area contributed by atoms with Crippen LogP contribution in [-0.2, 0) is 4.79 Å². The zero-order chi connectivity index (χ0) is 22.5. The lowest BCUT2D eigenvalue weighted by Gasteiger charge is -2.39. The average molecular weight is 514 g/mol. The summed E-state index contributed by atoms with van der Waals surface area (Å²) in [7, 11) is 0. The molecule has 1 aliphatic carbocycles. The van der Waals surface area contributed by atoms with E-state index >= 15 is 0 Å². The maximum atomic E-state index is 13.6. The summed E-state index contributed by atoms with van der Waals surface area (Å²) in [6.07, 6.45) is 8.38. The molecule has 1 amide bonds. The summed E-state index contributed by atoms with van der Waals surface area (Å²) in [5, 5.41) is 3.59. The van der Waals surface area contributed by atoms with E-state index in [1.165, 1.54) is 19.3 Å². The smallest absolute Gasteiger partial charge is 0.262 e. The lowest BCUT2D eigenvalue weighted by Crippen LogP contribution is -2.48. The second-order valence-corrected chi connectivity index (χ2v) is 10.3. The molecular weight excluding hydrogens is 484 g/mol. The van der Waals surface area contributed by atoms with Crippen molar-refractivity contribution in [3.63, 3.8) is 0 Å². The van der Waals surface area contributed by atoms with Crippen molar-refractivity contribution in [3.05, 3.63) is 76.1 Å². The molecule has 1 heterocycles. The molecule has 2 aromatic rings. The van der Waals surface area contributed by atoms with Crippen LogP contribution in [-0.4, -0.2) is 29.0 Å². The van der Waals surface area contributed by atoms with Gasteiger partial charge in [0.15, 0.2) is 5.50 Å². The van der Waals surface area contributed by atoms with Crippen molar-refractivity contribution >= 4 is 45.4 Å². The van der Waals surface area contributed by atoms with Gasteiger partial charge in [-0.05, 0) is 70.6 Å². The van der Waals surface area contributed by atoms with E-state index in [0.717, 1.165) is 32.8 Å². The minimum atomic E-state index is -0.111. The van der Waals surface area contributed by atoms with Crippen molar-refractivity contribution in [3.8, 4) is 5.75 Å². The summed E-state index contributed by atoms with van der Waals surface area (Å²) in [5.41, 5.74) is 1.88. The third-order valence-electron chi connectivity index (χ3n) is 6.03. The number of hydrogen-bond acceptors (Lipinski definition) is 4. The van der Waals surface area contributed by atoms with Crippen LogP contribution in [0.25, 0.3) is 6.08 Å². The number of anilines is 1. The van der Waals surface area contributed by atoms with Crippen LogP contribution in [0.3, 0.4) is 0 Å². The molecule has 3 atom stereocenters. The highest BCUT2D eigenvalue weighted by Crippen LogP contribution is 2.42. The van der Waals surface area contributed by atoms with Gasteiger partial charge in [0.1, 0.15) is 12.4 Å². The number of ether oxygens (including phenoxy) is 1. The average Bonchev–Trinajstić information content (AvgIpc) is 3.08. The Morgan fingerprint density at radius 2 is 2.00 bits per heavy atom. The summed E-state index contributed by atoms with van der Waals surface area (Å²) in [4.78, 5) is 16.5. The molecule has 168 valence electrons.